The lowest BCUT2D eigenvalue weighted by Gasteiger charge is -2.15. The minimum absolute atomic E-state index is 0.281. The molecule has 0 nitrogen and oxygen atoms in total. The summed E-state index contributed by atoms with van der Waals surface area (Å²) in [5.74, 6) is 0. The van der Waals surface area contributed by atoms with Gasteiger partial charge < -0.3 is 0 Å². The summed E-state index contributed by atoms with van der Waals surface area (Å²) >= 11 is 18.4. The molecule has 0 fully saturated rings. The highest BCUT2D eigenvalue weighted by Gasteiger charge is 2.14. The van der Waals surface area contributed by atoms with E-state index in [1.54, 1.807) is 0 Å². The monoisotopic (exact) mass is 362 g/mol. The van der Waals surface area contributed by atoms with Gasteiger partial charge >= 0.3 is 0 Å². The quantitative estimate of drug-likeness (QED) is 0.463. The van der Waals surface area contributed by atoms with E-state index in [4.69, 9.17) is 23.2 Å². The van der Waals surface area contributed by atoms with E-state index in [-0.39, 0.29) is 4.83 Å². The maximum atomic E-state index is 5.65. The van der Waals surface area contributed by atoms with Crippen LogP contribution in [-0.4, -0.2) is 14.5 Å². The fourth-order valence-corrected chi connectivity index (χ4v) is 2.67. The van der Waals surface area contributed by atoms with Gasteiger partial charge in [0, 0.05) is 9.65 Å². The normalized spacial score (nSPS) is 16.9. The summed E-state index contributed by atoms with van der Waals surface area (Å²) in [4.78, 5) is 0.163. The summed E-state index contributed by atoms with van der Waals surface area (Å²) in [7, 11) is 0. The second-order valence-corrected chi connectivity index (χ2v) is 6.64. The van der Waals surface area contributed by atoms with Crippen molar-refractivity contribution in [2.45, 2.75) is 34.8 Å². The smallest absolute Gasteiger partial charge is 0.101 e. The first kappa shape index (κ1) is 15.0. The van der Waals surface area contributed by atoms with Gasteiger partial charge in [-0.25, -0.2) is 0 Å². The number of alkyl halides is 4. The van der Waals surface area contributed by atoms with Crippen LogP contribution in [0.2, 0.25) is 0 Å². The third-order valence-electron chi connectivity index (χ3n) is 1.83. The van der Waals surface area contributed by atoms with Crippen molar-refractivity contribution in [1.29, 1.82) is 0 Å². The molecule has 0 N–H and O–H groups in total. The summed E-state index contributed by atoms with van der Waals surface area (Å²) in [6, 6.07) is 0. The lowest BCUT2D eigenvalue weighted by atomic mass is 10.1. The van der Waals surface area contributed by atoms with E-state index < -0.39 is 4.84 Å². The SMILES string of the molecule is C=C(C)[C@@H](Br)C[C@@H](Br)/C(C)=C/C(Cl)Cl. The Labute approximate surface area is 113 Å². The molecule has 0 heterocycles. The molecule has 0 radical (unpaired) electrons. The summed E-state index contributed by atoms with van der Waals surface area (Å²) < 4.78 is 0. The standard InChI is InChI=1S/C10H14Br2Cl2/c1-6(2)8(11)5-9(12)7(3)4-10(13)14/h4,8-10H,1,5H2,2-3H3/b7-4+/t8-,9+/m0/s1. The van der Waals surface area contributed by atoms with E-state index in [2.05, 4.69) is 38.4 Å². The van der Waals surface area contributed by atoms with Crippen molar-refractivity contribution in [3.63, 3.8) is 0 Å². The van der Waals surface area contributed by atoms with Crippen LogP contribution in [0.5, 0.6) is 0 Å². The van der Waals surface area contributed by atoms with Gasteiger partial charge in [-0.1, -0.05) is 55.7 Å². The molecule has 0 bridgehead atoms. The Hall–Kier alpha value is 1.02. The molecule has 0 aliphatic carbocycles. The highest BCUT2D eigenvalue weighted by atomic mass is 79.9. The number of hydrogen-bond donors (Lipinski definition) is 0. The van der Waals surface area contributed by atoms with Crippen molar-refractivity contribution < 1.29 is 0 Å². The summed E-state index contributed by atoms with van der Waals surface area (Å²) in [6.07, 6.45) is 2.78. The Kier molecular flexibility index (Phi) is 7.85. The number of halogens is 4. The highest BCUT2D eigenvalue weighted by molar-refractivity contribution is 9.10. The fraction of sp³-hybridized carbons (Fsp3) is 0.600. The van der Waals surface area contributed by atoms with Gasteiger partial charge in [0.15, 0.2) is 0 Å². The van der Waals surface area contributed by atoms with Gasteiger partial charge in [0.1, 0.15) is 4.84 Å². The first-order valence-electron chi connectivity index (χ1n) is 4.24. The highest BCUT2D eigenvalue weighted by Crippen LogP contribution is 2.25. The van der Waals surface area contributed by atoms with E-state index >= 15 is 0 Å². The molecule has 14 heavy (non-hydrogen) atoms. The molecule has 0 aromatic heterocycles. The number of rotatable bonds is 5. The van der Waals surface area contributed by atoms with Gasteiger partial charge in [-0.05, 0) is 20.3 Å². The summed E-state index contributed by atoms with van der Waals surface area (Å²) in [6.45, 7) is 7.90. The van der Waals surface area contributed by atoms with Gasteiger partial charge in [0.2, 0.25) is 0 Å². The predicted octanol–water partition coefficient (Wildman–Crippen LogP) is 5.23. The fourth-order valence-electron chi connectivity index (χ4n) is 0.872. The molecule has 0 aromatic carbocycles. The van der Waals surface area contributed by atoms with Gasteiger partial charge in [0.25, 0.3) is 0 Å². The van der Waals surface area contributed by atoms with Crippen molar-refractivity contribution >= 4 is 55.1 Å². The summed E-state index contributed by atoms with van der Waals surface area (Å²) in [5.41, 5.74) is 2.27. The molecule has 4 heteroatoms. The zero-order chi connectivity index (χ0) is 11.3. The molecule has 0 aliphatic rings. The van der Waals surface area contributed by atoms with Crippen LogP contribution in [0, 0.1) is 0 Å². The van der Waals surface area contributed by atoms with Crippen molar-refractivity contribution in [2.24, 2.45) is 0 Å². The molecule has 0 spiro atoms. The second-order valence-electron chi connectivity index (χ2n) is 3.26. The molecule has 82 valence electrons. The molecule has 0 amide bonds. The molecular weight excluding hydrogens is 351 g/mol. The van der Waals surface area contributed by atoms with Crippen LogP contribution in [0.1, 0.15) is 20.3 Å². The third-order valence-corrected chi connectivity index (χ3v) is 4.33. The molecule has 0 aromatic rings. The maximum absolute atomic E-state index is 5.65. The van der Waals surface area contributed by atoms with E-state index in [1.165, 1.54) is 0 Å². The van der Waals surface area contributed by atoms with Crippen LogP contribution in [0.3, 0.4) is 0 Å². The predicted molar refractivity (Wildman–Crippen MR) is 74.1 cm³/mol. The Balaban J connectivity index is 4.20. The third kappa shape index (κ3) is 6.49. The molecule has 0 aliphatic heterocycles. The van der Waals surface area contributed by atoms with Crippen LogP contribution < -0.4 is 0 Å². The minimum Gasteiger partial charge on any atom is -0.101 e. The summed E-state index contributed by atoms with van der Waals surface area (Å²) in [5, 5.41) is 0. The topological polar surface area (TPSA) is 0 Å². The van der Waals surface area contributed by atoms with E-state index in [9.17, 15) is 0 Å². The second kappa shape index (κ2) is 7.32. The van der Waals surface area contributed by atoms with Crippen LogP contribution in [0.25, 0.3) is 0 Å². The lowest BCUT2D eigenvalue weighted by molar-refractivity contribution is 0.852. The van der Waals surface area contributed by atoms with Crippen LogP contribution in [0.4, 0.5) is 0 Å². The van der Waals surface area contributed by atoms with Crippen LogP contribution in [-0.2, 0) is 0 Å². The zero-order valence-corrected chi connectivity index (χ0v) is 12.9. The Morgan fingerprint density at radius 1 is 1.29 bits per heavy atom. The molecular formula is C10H14Br2Cl2. The molecule has 0 saturated carbocycles. The first-order valence-corrected chi connectivity index (χ1v) is 6.95. The van der Waals surface area contributed by atoms with Gasteiger partial charge in [0.05, 0.1) is 0 Å². The largest absolute Gasteiger partial charge is 0.126 e. The van der Waals surface area contributed by atoms with E-state index in [0.29, 0.717) is 4.83 Å². The van der Waals surface area contributed by atoms with Crippen molar-refractivity contribution in [3.8, 4) is 0 Å². The van der Waals surface area contributed by atoms with E-state index in [1.807, 2.05) is 19.9 Å². The van der Waals surface area contributed by atoms with Gasteiger partial charge in [-0.15, -0.1) is 23.2 Å². The maximum Gasteiger partial charge on any atom is 0.126 e. The van der Waals surface area contributed by atoms with Crippen molar-refractivity contribution in [1.82, 2.24) is 0 Å². The van der Waals surface area contributed by atoms with Gasteiger partial charge in [-0.2, -0.15) is 0 Å². The number of allylic oxidation sites excluding steroid dienone is 3. The molecule has 2 atom stereocenters. The molecule has 0 saturated heterocycles. The Bertz CT molecular complexity index is 224. The van der Waals surface area contributed by atoms with Crippen molar-refractivity contribution in [3.05, 3.63) is 23.8 Å². The zero-order valence-electron chi connectivity index (χ0n) is 8.24. The van der Waals surface area contributed by atoms with Gasteiger partial charge in [-0.3, -0.25) is 0 Å². The average molecular weight is 365 g/mol. The van der Waals surface area contributed by atoms with Crippen molar-refractivity contribution in [2.75, 3.05) is 0 Å². The van der Waals surface area contributed by atoms with Crippen LogP contribution in [0.15, 0.2) is 23.8 Å². The lowest BCUT2D eigenvalue weighted by Crippen LogP contribution is -2.10. The number of hydrogen-bond acceptors (Lipinski definition) is 0. The van der Waals surface area contributed by atoms with E-state index in [0.717, 1.165) is 17.6 Å². The van der Waals surface area contributed by atoms with Crippen LogP contribution >= 0.6 is 55.1 Å². The minimum atomic E-state index is -0.436. The molecule has 0 rings (SSSR count). The molecule has 0 unspecified atom stereocenters. The first-order chi connectivity index (χ1) is 6.34. The Morgan fingerprint density at radius 3 is 2.14 bits per heavy atom. The average Bonchev–Trinajstić information content (AvgIpc) is 2.02. The Morgan fingerprint density at radius 2 is 1.79 bits per heavy atom.